The van der Waals surface area contributed by atoms with E-state index in [4.69, 9.17) is 4.74 Å². The third-order valence-electron chi connectivity index (χ3n) is 5.14. The number of allylic oxidation sites excluding steroid dienone is 1. The van der Waals surface area contributed by atoms with Gasteiger partial charge in [0.1, 0.15) is 16.4 Å². The summed E-state index contributed by atoms with van der Waals surface area (Å²) < 4.78 is 7.00. The minimum atomic E-state index is -0.486. The quantitative estimate of drug-likeness (QED) is 0.163. The van der Waals surface area contributed by atoms with Crippen LogP contribution in [0.15, 0.2) is 65.7 Å². The van der Waals surface area contributed by atoms with Gasteiger partial charge in [0.25, 0.3) is 0 Å². The minimum absolute atomic E-state index is 0.118. The molecule has 3 aromatic heterocycles. The molecule has 0 aliphatic carbocycles. The summed E-state index contributed by atoms with van der Waals surface area (Å²) in [7, 11) is 1.34. The number of hydrogen-bond acceptors (Lipinski definition) is 8. The van der Waals surface area contributed by atoms with Crippen LogP contribution in [-0.4, -0.2) is 39.5 Å². The van der Waals surface area contributed by atoms with E-state index in [2.05, 4.69) is 28.2 Å². The molecule has 35 heavy (non-hydrogen) atoms. The van der Waals surface area contributed by atoms with Gasteiger partial charge in [-0.3, -0.25) is 4.79 Å². The molecule has 10 heteroatoms. The molecule has 0 aliphatic rings. The fourth-order valence-corrected chi connectivity index (χ4v) is 6.16. The number of benzene rings is 1. The molecule has 0 bridgehead atoms. The molecule has 0 aliphatic heterocycles. The van der Waals surface area contributed by atoms with Gasteiger partial charge in [0.05, 0.1) is 12.9 Å². The summed E-state index contributed by atoms with van der Waals surface area (Å²) in [6.07, 6.45) is 2.46. The van der Waals surface area contributed by atoms with Crippen LogP contribution in [0.2, 0.25) is 0 Å². The highest BCUT2D eigenvalue weighted by atomic mass is 32.2. The van der Waals surface area contributed by atoms with Gasteiger partial charge in [0, 0.05) is 28.3 Å². The Hall–Kier alpha value is -3.21. The zero-order valence-electron chi connectivity index (χ0n) is 19.3. The Labute approximate surface area is 215 Å². The van der Waals surface area contributed by atoms with Crippen LogP contribution in [0.4, 0.5) is 5.00 Å². The molecule has 1 amide bonds. The summed E-state index contributed by atoms with van der Waals surface area (Å²) in [5.74, 6) is 0.214. The number of hydrogen-bond donors (Lipinski definition) is 1. The average molecular weight is 525 g/mol. The molecule has 4 rings (SSSR count). The molecular weight excluding hydrogens is 501 g/mol. The number of rotatable bonds is 10. The number of carbonyl (C=O) groups excluding carboxylic acids is 2. The van der Waals surface area contributed by atoms with Crippen molar-refractivity contribution in [2.24, 2.45) is 0 Å². The van der Waals surface area contributed by atoms with Crippen LogP contribution >= 0.6 is 34.4 Å². The van der Waals surface area contributed by atoms with Crippen molar-refractivity contribution in [1.29, 1.82) is 0 Å². The highest BCUT2D eigenvalue weighted by Gasteiger charge is 2.25. The second-order valence-corrected chi connectivity index (χ2v) is 10.7. The number of esters is 1. The zero-order valence-corrected chi connectivity index (χ0v) is 21.8. The van der Waals surface area contributed by atoms with Crippen molar-refractivity contribution in [3.05, 3.63) is 81.6 Å². The van der Waals surface area contributed by atoms with Crippen molar-refractivity contribution in [2.45, 2.75) is 25.0 Å². The van der Waals surface area contributed by atoms with E-state index in [0.717, 1.165) is 21.8 Å². The first kappa shape index (κ1) is 24.9. The van der Waals surface area contributed by atoms with Gasteiger partial charge in [-0.25, -0.2) is 4.79 Å². The van der Waals surface area contributed by atoms with Crippen molar-refractivity contribution in [1.82, 2.24) is 14.8 Å². The van der Waals surface area contributed by atoms with E-state index >= 15 is 0 Å². The topological polar surface area (TPSA) is 86.1 Å². The van der Waals surface area contributed by atoms with Crippen LogP contribution in [0.25, 0.3) is 11.1 Å². The normalized spacial score (nSPS) is 10.8. The molecule has 0 atom stereocenters. The number of aryl methyl sites for hydroxylation is 1. The first-order chi connectivity index (χ1) is 17.0. The summed E-state index contributed by atoms with van der Waals surface area (Å²) in [5.41, 5.74) is 2.04. The highest BCUT2D eigenvalue weighted by Crippen LogP contribution is 2.40. The van der Waals surface area contributed by atoms with Gasteiger partial charge in [-0.2, -0.15) is 0 Å². The van der Waals surface area contributed by atoms with Crippen LogP contribution in [-0.2, 0) is 22.5 Å². The third-order valence-corrected chi connectivity index (χ3v) is 8.00. The lowest BCUT2D eigenvalue weighted by Gasteiger charge is -2.09. The number of nitrogens with one attached hydrogen (secondary N) is 1. The Morgan fingerprint density at radius 3 is 2.69 bits per heavy atom. The standard InChI is InChI=1S/C25H24N4O3S3/c1-4-12-29-19(14-18-11-8-13-33-18)27-28-25(29)34-15-20(30)26-23-22(24(31)32-3)21(16(2)35-23)17-9-6-5-7-10-17/h4-11,13H,1,12,14-15H2,2-3H3,(H,26,30). The molecule has 1 aromatic carbocycles. The molecule has 0 saturated heterocycles. The predicted molar refractivity (Wildman–Crippen MR) is 143 cm³/mol. The number of aromatic nitrogens is 3. The first-order valence-corrected chi connectivity index (χ1v) is 13.4. The maximum Gasteiger partial charge on any atom is 0.341 e. The highest BCUT2D eigenvalue weighted by molar-refractivity contribution is 7.99. The zero-order chi connectivity index (χ0) is 24.8. The summed E-state index contributed by atoms with van der Waals surface area (Å²) in [6, 6.07) is 13.7. The van der Waals surface area contributed by atoms with Gasteiger partial charge in [-0.15, -0.1) is 39.4 Å². The smallest absolute Gasteiger partial charge is 0.341 e. The molecule has 0 unspecified atom stereocenters. The third kappa shape index (κ3) is 5.72. The fourth-order valence-electron chi connectivity index (χ4n) is 3.61. The van der Waals surface area contributed by atoms with Crippen molar-refractivity contribution >= 4 is 51.3 Å². The van der Waals surface area contributed by atoms with Crippen LogP contribution in [0.1, 0.15) is 25.9 Å². The average Bonchev–Trinajstić information content (AvgIpc) is 3.58. The maximum absolute atomic E-state index is 12.9. The van der Waals surface area contributed by atoms with E-state index in [1.54, 1.807) is 17.4 Å². The molecule has 7 nitrogen and oxygen atoms in total. The van der Waals surface area contributed by atoms with E-state index in [9.17, 15) is 9.59 Å². The van der Waals surface area contributed by atoms with Crippen molar-refractivity contribution in [3.63, 3.8) is 0 Å². The lowest BCUT2D eigenvalue weighted by molar-refractivity contribution is -0.113. The molecule has 1 N–H and O–H groups in total. The van der Waals surface area contributed by atoms with E-state index in [-0.39, 0.29) is 11.7 Å². The number of thioether (sulfide) groups is 1. The van der Waals surface area contributed by atoms with Gasteiger partial charge in [-0.05, 0) is 23.9 Å². The van der Waals surface area contributed by atoms with Crippen LogP contribution < -0.4 is 5.32 Å². The van der Waals surface area contributed by atoms with Crippen molar-refractivity contribution in [3.8, 4) is 11.1 Å². The Bertz CT molecular complexity index is 1330. The maximum atomic E-state index is 12.9. The number of nitrogens with zero attached hydrogens (tertiary/aromatic N) is 3. The van der Waals surface area contributed by atoms with Gasteiger partial charge >= 0.3 is 5.97 Å². The SMILES string of the molecule is C=CCn1c(Cc2cccs2)nnc1SCC(=O)Nc1sc(C)c(-c2ccccc2)c1C(=O)OC. The monoisotopic (exact) mass is 524 g/mol. The van der Waals surface area contributed by atoms with E-state index in [0.29, 0.717) is 28.7 Å². The number of amides is 1. The van der Waals surface area contributed by atoms with E-state index < -0.39 is 5.97 Å². The number of carbonyl (C=O) groups is 2. The molecule has 3 heterocycles. The molecule has 0 saturated carbocycles. The minimum Gasteiger partial charge on any atom is -0.465 e. The lowest BCUT2D eigenvalue weighted by atomic mass is 10.0. The largest absolute Gasteiger partial charge is 0.465 e. The number of ether oxygens (including phenoxy) is 1. The Balaban J connectivity index is 1.51. The molecular formula is C25H24N4O3S3. The van der Waals surface area contributed by atoms with Gasteiger partial charge in [0.2, 0.25) is 5.91 Å². The number of thiophene rings is 2. The van der Waals surface area contributed by atoms with E-state index in [1.165, 1.54) is 35.1 Å². The fraction of sp³-hybridized carbons (Fsp3) is 0.200. The summed E-state index contributed by atoms with van der Waals surface area (Å²) >= 11 is 4.32. The van der Waals surface area contributed by atoms with E-state index in [1.807, 2.05) is 53.3 Å². The number of anilines is 1. The molecule has 180 valence electrons. The summed E-state index contributed by atoms with van der Waals surface area (Å²) in [4.78, 5) is 27.6. The van der Waals surface area contributed by atoms with Crippen molar-refractivity contribution < 1.29 is 14.3 Å². The second kappa shape index (κ2) is 11.5. The van der Waals surface area contributed by atoms with Gasteiger partial charge < -0.3 is 14.6 Å². The van der Waals surface area contributed by atoms with Crippen LogP contribution in [0, 0.1) is 6.92 Å². The molecule has 0 fully saturated rings. The number of methoxy groups -OCH3 is 1. The molecule has 4 aromatic rings. The summed E-state index contributed by atoms with van der Waals surface area (Å²) in [5, 5.41) is 14.7. The van der Waals surface area contributed by atoms with Gasteiger partial charge in [0.15, 0.2) is 5.16 Å². The van der Waals surface area contributed by atoms with Crippen LogP contribution in [0.3, 0.4) is 0 Å². The lowest BCUT2D eigenvalue weighted by Crippen LogP contribution is -2.16. The molecule has 0 spiro atoms. The Kier molecular flexibility index (Phi) is 8.17. The van der Waals surface area contributed by atoms with Crippen LogP contribution in [0.5, 0.6) is 0 Å². The molecule has 0 radical (unpaired) electrons. The predicted octanol–water partition coefficient (Wildman–Crippen LogP) is 5.67. The first-order valence-electron chi connectivity index (χ1n) is 10.8. The Morgan fingerprint density at radius 1 is 1.20 bits per heavy atom. The second-order valence-electron chi connectivity index (χ2n) is 7.49. The Morgan fingerprint density at radius 2 is 2.00 bits per heavy atom. The summed E-state index contributed by atoms with van der Waals surface area (Å²) in [6.45, 7) is 6.31. The van der Waals surface area contributed by atoms with Gasteiger partial charge in [-0.1, -0.05) is 54.2 Å². The van der Waals surface area contributed by atoms with Crippen molar-refractivity contribution in [2.75, 3.05) is 18.2 Å².